The number of hydrogen-bond acceptors (Lipinski definition) is 3. The average molecular weight is 291 g/mol. The van der Waals surface area contributed by atoms with Crippen LogP contribution >= 0.6 is 11.6 Å². The number of nitrogens with zero attached hydrogens (tertiary/aromatic N) is 2. The average Bonchev–Trinajstić information content (AvgIpc) is 2.47. The highest BCUT2D eigenvalue weighted by Gasteiger charge is 2.11. The molecule has 2 aromatic rings. The predicted octanol–water partition coefficient (Wildman–Crippen LogP) is 4.69. The van der Waals surface area contributed by atoms with Gasteiger partial charge < -0.3 is 4.74 Å². The normalized spacial score (nSPS) is 10.8. The number of hydrogen-bond donors (Lipinski definition) is 0. The molecular weight excluding hydrogens is 272 g/mol. The molecule has 3 nitrogen and oxygen atoms in total. The zero-order valence-electron chi connectivity index (χ0n) is 12.1. The largest absolute Gasteiger partial charge is 0.454 e. The Morgan fingerprint density at radius 3 is 2.75 bits per heavy atom. The molecule has 106 valence electrons. The summed E-state index contributed by atoms with van der Waals surface area (Å²) in [5, 5.41) is 0. The number of ether oxygens (including phenoxy) is 1. The molecule has 0 bridgehead atoms. The molecule has 0 atom stereocenters. The molecule has 1 heterocycles. The first-order valence-electron chi connectivity index (χ1n) is 6.82. The summed E-state index contributed by atoms with van der Waals surface area (Å²) in [6, 6.07) is 8.01. The molecule has 0 N–H and O–H groups in total. The van der Waals surface area contributed by atoms with E-state index in [0.717, 1.165) is 23.7 Å². The highest BCUT2D eigenvalue weighted by atomic mass is 35.5. The molecule has 0 spiro atoms. The van der Waals surface area contributed by atoms with E-state index in [1.807, 2.05) is 18.2 Å². The Labute approximate surface area is 125 Å². The molecule has 4 heteroatoms. The predicted molar refractivity (Wildman–Crippen MR) is 81.6 cm³/mol. The molecule has 0 saturated carbocycles. The maximum atomic E-state index is 5.96. The third-order valence-electron chi connectivity index (χ3n) is 3.03. The number of alkyl halides is 1. The number of aryl methyl sites for hydroxylation is 1. The second-order valence-corrected chi connectivity index (χ2v) is 5.20. The maximum absolute atomic E-state index is 5.96. The van der Waals surface area contributed by atoms with Crippen LogP contribution in [0.15, 0.2) is 30.5 Å². The summed E-state index contributed by atoms with van der Waals surface area (Å²) in [7, 11) is 0. The van der Waals surface area contributed by atoms with Crippen LogP contribution in [0.2, 0.25) is 0 Å². The molecule has 1 aromatic heterocycles. The minimum absolute atomic E-state index is 0.273. The van der Waals surface area contributed by atoms with Gasteiger partial charge in [0.1, 0.15) is 17.3 Å². The van der Waals surface area contributed by atoms with E-state index in [1.165, 1.54) is 5.56 Å². The number of rotatable bonds is 5. The summed E-state index contributed by atoms with van der Waals surface area (Å²) in [5.74, 6) is 2.78. The van der Waals surface area contributed by atoms with Crippen molar-refractivity contribution in [2.75, 3.05) is 0 Å². The molecular formula is C16H19ClN2O. The standard InChI is InChI=1S/C16H19ClN2O/c1-4-12-6-5-7-13(8-12)20-15-10-18-16(11(2)3)19-14(15)9-17/h5-8,10-11H,4,9H2,1-3H3. The Balaban J connectivity index is 2.28. The van der Waals surface area contributed by atoms with Gasteiger partial charge in [-0.25, -0.2) is 9.97 Å². The molecule has 0 aliphatic carbocycles. The van der Waals surface area contributed by atoms with E-state index in [9.17, 15) is 0 Å². The minimum Gasteiger partial charge on any atom is -0.454 e. The van der Waals surface area contributed by atoms with Gasteiger partial charge in [0.05, 0.1) is 12.1 Å². The van der Waals surface area contributed by atoms with Crippen molar-refractivity contribution in [1.82, 2.24) is 9.97 Å². The Morgan fingerprint density at radius 2 is 2.10 bits per heavy atom. The van der Waals surface area contributed by atoms with Gasteiger partial charge >= 0.3 is 0 Å². The zero-order valence-corrected chi connectivity index (χ0v) is 12.8. The van der Waals surface area contributed by atoms with Crippen LogP contribution in [0.3, 0.4) is 0 Å². The summed E-state index contributed by atoms with van der Waals surface area (Å²) in [5.41, 5.74) is 1.96. The first kappa shape index (κ1) is 14.8. The lowest BCUT2D eigenvalue weighted by Crippen LogP contribution is -2.02. The van der Waals surface area contributed by atoms with Crippen molar-refractivity contribution in [2.45, 2.75) is 39.0 Å². The molecule has 2 rings (SSSR count). The van der Waals surface area contributed by atoms with Crippen molar-refractivity contribution in [3.63, 3.8) is 0 Å². The summed E-state index contributed by atoms with van der Waals surface area (Å²) in [6.07, 6.45) is 2.68. The topological polar surface area (TPSA) is 35.0 Å². The van der Waals surface area contributed by atoms with Crippen molar-refractivity contribution in [2.24, 2.45) is 0 Å². The van der Waals surface area contributed by atoms with Gasteiger partial charge in [-0.05, 0) is 24.1 Å². The number of benzene rings is 1. The SMILES string of the molecule is CCc1cccc(Oc2cnc(C(C)C)nc2CCl)c1. The molecule has 0 saturated heterocycles. The lowest BCUT2D eigenvalue weighted by molar-refractivity contribution is 0.469. The van der Waals surface area contributed by atoms with Gasteiger partial charge in [-0.1, -0.05) is 32.9 Å². The van der Waals surface area contributed by atoms with E-state index in [0.29, 0.717) is 11.6 Å². The maximum Gasteiger partial charge on any atom is 0.168 e. The van der Waals surface area contributed by atoms with Gasteiger partial charge in [0, 0.05) is 5.92 Å². The van der Waals surface area contributed by atoms with Gasteiger partial charge in [-0.15, -0.1) is 11.6 Å². The van der Waals surface area contributed by atoms with Crippen LogP contribution in [0.25, 0.3) is 0 Å². The van der Waals surface area contributed by atoms with Crippen molar-refractivity contribution in [1.29, 1.82) is 0 Å². The lowest BCUT2D eigenvalue weighted by atomic mass is 10.2. The molecule has 0 fully saturated rings. The van der Waals surface area contributed by atoms with Gasteiger partial charge in [-0.2, -0.15) is 0 Å². The monoisotopic (exact) mass is 290 g/mol. The van der Waals surface area contributed by atoms with Gasteiger partial charge in [0.15, 0.2) is 5.75 Å². The molecule has 20 heavy (non-hydrogen) atoms. The Bertz CT molecular complexity index is 584. The summed E-state index contributed by atoms with van der Waals surface area (Å²) < 4.78 is 5.87. The highest BCUT2D eigenvalue weighted by Crippen LogP contribution is 2.26. The molecule has 0 unspecified atom stereocenters. The van der Waals surface area contributed by atoms with Crippen LogP contribution in [-0.2, 0) is 12.3 Å². The third kappa shape index (κ3) is 3.48. The van der Waals surface area contributed by atoms with Crippen LogP contribution in [-0.4, -0.2) is 9.97 Å². The van der Waals surface area contributed by atoms with Crippen molar-refractivity contribution in [3.8, 4) is 11.5 Å². The summed E-state index contributed by atoms with van der Waals surface area (Å²) in [4.78, 5) is 8.79. The van der Waals surface area contributed by atoms with Crippen molar-refractivity contribution >= 4 is 11.6 Å². The van der Waals surface area contributed by atoms with Crippen LogP contribution in [0.1, 0.15) is 43.8 Å². The van der Waals surface area contributed by atoms with Gasteiger partial charge in [0.25, 0.3) is 0 Å². The quantitative estimate of drug-likeness (QED) is 0.749. The van der Waals surface area contributed by atoms with E-state index in [4.69, 9.17) is 16.3 Å². The molecule has 0 radical (unpaired) electrons. The first-order chi connectivity index (χ1) is 9.63. The third-order valence-corrected chi connectivity index (χ3v) is 3.28. The van der Waals surface area contributed by atoms with Crippen molar-refractivity contribution < 1.29 is 4.74 Å². The van der Waals surface area contributed by atoms with Gasteiger partial charge in [-0.3, -0.25) is 0 Å². The van der Waals surface area contributed by atoms with Crippen molar-refractivity contribution in [3.05, 3.63) is 47.5 Å². The fraction of sp³-hybridized carbons (Fsp3) is 0.375. The molecule has 1 aromatic carbocycles. The van der Waals surface area contributed by atoms with Crippen LogP contribution in [0.5, 0.6) is 11.5 Å². The van der Waals surface area contributed by atoms with E-state index >= 15 is 0 Å². The van der Waals surface area contributed by atoms with E-state index in [2.05, 4.69) is 36.8 Å². The van der Waals surface area contributed by atoms with E-state index in [-0.39, 0.29) is 5.92 Å². The summed E-state index contributed by atoms with van der Waals surface area (Å²) in [6.45, 7) is 6.22. The smallest absolute Gasteiger partial charge is 0.168 e. The minimum atomic E-state index is 0.273. The molecule has 0 aliphatic heterocycles. The number of aromatic nitrogens is 2. The summed E-state index contributed by atoms with van der Waals surface area (Å²) >= 11 is 5.96. The van der Waals surface area contributed by atoms with E-state index < -0.39 is 0 Å². The second-order valence-electron chi connectivity index (χ2n) is 4.93. The fourth-order valence-electron chi connectivity index (χ4n) is 1.84. The fourth-order valence-corrected chi connectivity index (χ4v) is 2.03. The van der Waals surface area contributed by atoms with E-state index in [1.54, 1.807) is 6.20 Å². The Hall–Kier alpha value is -1.61. The number of halogens is 1. The molecule has 0 aliphatic rings. The molecule has 0 amide bonds. The van der Waals surface area contributed by atoms with Crippen LogP contribution < -0.4 is 4.74 Å². The highest BCUT2D eigenvalue weighted by molar-refractivity contribution is 6.17. The Kier molecular flexibility index (Phi) is 4.96. The Morgan fingerprint density at radius 1 is 1.30 bits per heavy atom. The first-order valence-corrected chi connectivity index (χ1v) is 7.36. The second kappa shape index (κ2) is 6.71. The zero-order chi connectivity index (χ0) is 14.5. The van der Waals surface area contributed by atoms with Crippen LogP contribution in [0.4, 0.5) is 0 Å². The van der Waals surface area contributed by atoms with Crippen LogP contribution in [0, 0.1) is 0 Å². The van der Waals surface area contributed by atoms with Gasteiger partial charge in [0.2, 0.25) is 0 Å². The lowest BCUT2D eigenvalue weighted by Gasteiger charge is -2.11.